The summed E-state index contributed by atoms with van der Waals surface area (Å²) in [5.41, 5.74) is 0.660. The average molecular weight is 374 g/mol. The minimum atomic E-state index is -1.49. The van der Waals surface area contributed by atoms with E-state index in [1.807, 2.05) is 30.3 Å². The van der Waals surface area contributed by atoms with Crippen LogP contribution in [0.2, 0.25) is 0 Å². The Balaban J connectivity index is 1.72. The van der Waals surface area contributed by atoms with Gasteiger partial charge in [0.25, 0.3) is 0 Å². The zero-order valence-electron chi connectivity index (χ0n) is 15.2. The zero-order chi connectivity index (χ0) is 19.7. The van der Waals surface area contributed by atoms with Gasteiger partial charge in [0.15, 0.2) is 11.2 Å². The monoisotopic (exact) mass is 374 g/mol. The molecule has 4 rings (SSSR count). The molecule has 3 unspecified atom stereocenters. The first-order valence-electron chi connectivity index (χ1n) is 8.86. The average Bonchev–Trinajstić information content (AvgIpc) is 3.30. The highest BCUT2D eigenvalue weighted by atomic mass is 16.7. The first-order valence-corrected chi connectivity index (χ1v) is 8.86. The maximum absolute atomic E-state index is 12.6. The quantitative estimate of drug-likeness (QED) is 0.831. The van der Waals surface area contributed by atoms with Crippen molar-refractivity contribution in [1.82, 2.24) is 0 Å². The summed E-state index contributed by atoms with van der Waals surface area (Å²) >= 11 is 0. The van der Waals surface area contributed by atoms with Gasteiger partial charge in [-0.3, -0.25) is 4.79 Å². The number of rotatable bonds is 4. The highest BCUT2D eigenvalue weighted by Gasteiger charge is 2.60. The number of nitrogens with one attached hydrogen (secondary N) is 1. The van der Waals surface area contributed by atoms with Gasteiger partial charge >= 0.3 is 5.97 Å². The lowest BCUT2D eigenvalue weighted by Gasteiger charge is -2.28. The van der Waals surface area contributed by atoms with Gasteiger partial charge in [0, 0.05) is 12.0 Å². The molecule has 28 heavy (non-hydrogen) atoms. The standard InChI is InChI=1S/C22H18N2O4/c1-26-21(25)19-20(24)15-9-5-6-10-16(15)22(19,13-23)17-12-27-18(28-17)11-14-7-3-2-4-8-14/h2-10,12,18-19,24H,11H2,1H3. The van der Waals surface area contributed by atoms with E-state index in [1.54, 1.807) is 24.3 Å². The number of ether oxygens (including phenoxy) is 3. The summed E-state index contributed by atoms with van der Waals surface area (Å²) in [5, 5.41) is 18.7. The summed E-state index contributed by atoms with van der Waals surface area (Å²) in [4.78, 5) is 12.6. The summed E-state index contributed by atoms with van der Waals surface area (Å²) in [6, 6.07) is 19.0. The molecule has 1 heterocycles. The summed E-state index contributed by atoms with van der Waals surface area (Å²) in [5.74, 6) is -1.55. The van der Waals surface area contributed by atoms with Crippen molar-refractivity contribution in [3.05, 3.63) is 83.3 Å². The third kappa shape index (κ3) is 2.55. The summed E-state index contributed by atoms with van der Waals surface area (Å²) in [6.07, 6.45) is 1.27. The number of carbonyl (C=O) groups excluding carboxylic acids is 1. The maximum atomic E-state index is 12.6. The minimum absolute atomic E-state index is 0.0417. The molecule has 0 saturated carbocycles. The fraction of sp³-hybridized carbons (Fsp3) is 0.227. The number of nitriles is 1. The smallest absolute Gasteiger partial charge is 0.317 e. The molecule has 3 atom stereocenters. The Kier molecular flexibility index (Phi) is 4.36. The molecular weight excluding hydrogens is 356 g/mol. The van der Waals surface area contributed by atoms with Crippen molar-refractivity contribution >= 4 is 11.7 Å². The van der Waals surface area contributed by atoms with E-state index >= 15 is 0 Å². The number of nitrogens with zero attached hydrogens (tertiary/aromatic N) is 1. The van der Waals surface area contributed by atoms with E-state index in [1.165, 1.54) is 13.4 Å². The van der Waals surface area contributed by atoms with Gasteiger partial charge in [0.1, 0.15) is 12.2 Å². The summed E-state index contributed by atoms with van der Waals surface area (Å²) in [7, 11) is 1.25. The summed E-state index contributed by atoms with van der Waals surface area (Å²) < 4.78 is 16.6. The van der Waals surface area contributed by atoms with Crippen LogP contribution in [0.15, 0.2) is 66.6 Å². The SMILES string of the molecule is COC(=O)C1C(=N)c2ccccc2C1(C#N)C1=COC(Cc2ccccc2)O1. The number of allylic oxidation sites excluding steroid dienone is 1. The lowest BCUT2D eigenvalue weighted by Crippen LogP contribution is -2.41. The topological polar surface area (TPSA) is 92.4 Å². The largest absolute Gasteiger partial charge is 0.468 e. The van der Waals surface area contributed by atoms with Gasteiger partial charge in [-0.2, -0.15) is 5.26 Å². The molecule has 0 spiro atoms. The summed E-state index contributed by atoms with van der Waals surface area (Å²) in [6.45, 7) is 0. The van der Waals surface area contributed by atoms with Crippen LogP contribution < -0.4 is 0 Å². The van der Waals surface area contributed by atoms with Crippen LogP contribution >= 0.6 is 0 Å². The van der Waals surface area contributed by atoms with Crippen molar-refractivity contribution in [3.8, 4) is 6.07 Å². The molecule has 1 N–H and O–H groups in total. The Morgan fingerprint density at radius 3 is 2.64 bits per heavy atom. The van der Waals surface area contributed by atoms with Crippen LogP contribution in [0.1, 0.15) is 16.7 Å². The Hall–Kier alpha value is -3.59. The van der Waals surface area contributed by atoms with Crippen LogP contribution in [-0.4, -0.2) is 25.1 Å². The highest BCUT2D eigenvalue weighted by molar-refractivity contribution is 6.16. The van der Waals surface area contributed by atoms with Crippen LogP contribution in [-0.2, 0) is 30.8 Å². The van der Waals surface area contributed by atoms with E-state index in [2.05, 4.69) is 6.07 Å². The third-order valence-electron chi connectivity index (χ3n) is 5.20. The van der Waals surface area contributed by atoms with Gasteiger partial charge in [0.2, 0.25) is 6.29 Å². The van der Waals surface area contributed by atoms with Crippen molar-refractivity contribution in [3.63, 3.8) is 0 Å². The fourth-order valence-corrected chi connectivity index (χ4v) is 3.87. The maximum Gasteiger partial charge on any atom is 0.317 e. The number of fused-ring (bicyclic) bond motifs is 1. The van der Waals surface area contributed by atoms with Gasteiger partial charge in [-0.05, 0) is 11.1 Å². The molecule has 0 fully saturated rings. The van der Waals surface area contributed by atoms with Gasteiger partial charge < -0.3 is 19.6 Å². The Morgan fingerprint density at radius 2 is 1.93 bits per heavy atom. The molecule has 6 heteroatoms. The minimum Gasteiger partial charge on any atom is -0.468 e. The number of hydrogen-bond acceptors (Lipinski definition) is 6. The van der Waals surface area contributed by atoms with Crippen molar-refractivity contribution in [2.45, 2.75) is 18.1 Å². The Bertz CT molecular complexity index is 1010. The van der Waals surface area contributed by atoms with E-state index in [9.17, 15) is 10.1 Å². The molecule has 6 nitrogen and oxygen atoms in total. The fourth-order valence-electron chi connectivity index (χ4n) is 3.87. The van der Waals surface area contributed by atoms with E-state index in [-0.39, 0.29) is 11.5 Å². The molecule has 140 valence electrons. The van der Waals surface area contributed by atoms with E-state index < -0.39 is 23.6 Å². The van der Waals surface area contributed by atoms with E-state index in [0.29, 0.717) is 17.5 Å². The normalized spacial score (nSPS) is 25.1. The number of benzene rings is 2. The number of methoxy groups -OCH3 is 1. The number of hydrogen-bond donors (Lipinski definition) is 1. The van der Waals surface area contributed by atoms with E-state index in [0.717, 1.165) is 5.56 Å². The van der Waals surface area contributed by atoms with Crippen LogP contribution in [0, 0.1) is 22.7 Å². The molecule has 0 bridgehead atoms. The number of carbonyl (C=O) groups is 1. The zero-order valence-corrected chi connectivity index (χ0v) is 15.2. The van der Waals surface area contributed by atoms with Crippen LogP contribution in [0.5, 0.6) is 0 Å². The molecule has 0 radical (unpaired) electrons. The van der Waals surface area contributed by atoms with Gasteiger partial charge in [-0.1, -0.05) is 54.6 Å². The molecule has 2 aromatic rings. The van der Waals surface area contributed by atoms with Crippen molar-refractivity contribution in [2.24, 2.45) is 5.92 Å². The number of esters is 1. The first kappa shape index (κ1) is 17.8. The predicted molar refractivity (Wildman–Crippen MR) is 100 cm³/mol. The third-order valence-corrected chi connectivity index (χ3v) is 5.20. The van der Waals surface area contributed by atoms with E-state index in [4.69, 9.17) is 19.6 Å². The van der Waals surface area contributed by atoms with Gasteiger partial charge in [-0.25, -0.2) is 0 Å². The molecule has 2 aliphatic rings. The van der Waals surface area contributed by atoms with Crippen molar-refractivity contribution in [2.75, 3.05) is 7.11 Å². The lowest BCUT2D eigenvalue weighted by atomic mass is 9.74. The van der Waals surface area contributed by atoms with Crippen molar-refractivity contribution < 1.29 is 19.0 Å². The van der Waals surface area contributed by atoms with Crippen LogP contribution in [0.25, 0.3) is 0 Å². The predicted octanol–water partition coefficient (Wildman–Crippen LogP) is 3.08. The second-order valence-corrected chi connectivity index (χ2v) is 6.69. The Morgan fingerprint density at radius 1 is 1.21 bits per heavy atom. The van der Waals surface area contributed by atoms with Crippen LogP contribution in [0.3, 0.4) is 0 Å². The molecule has 2 aromatic carbocycles. The van der Waals surface area contributed by atoms with Gasteiger partial charge in [-0.15, -0.1) is 0 Å². The van der Waals surface area contributed by atoms with Crippen LogP contribution in [0.4, 0.5) is 0 Å². The molecule has 1 aliphatic heterocycles. The second kappa shape index (κ2) is 6.86. The van der Waals surface area contributed by atoms with Crippen molar-refractivity contribution in [1.29, 1.82) is 10.7 Å². The second-order valence-electron chi connectivity index (χ2n) is 6.69. The lowest BCUT2D eigenvalue weighted by molar-refractivity contribution is -0.144. The molecule has 1 aliphatic carbocycles. The molecular formula is C22H18N2O4. The molecule has 0 saturated heterocycles. The van der Waals surface area contributed by atoms with Gasteiger partial charge in [0.05, 0.1) is 18.9 Å². The highest BCUT2D eigenvalue weighted by Crippen LogP contribution is 2.50. The Labute approximate surface area is 162 Å². The first-order chi connectivity index (χ1) is 13.6. The molecule has 0 amide bonds. The molecule has 0 aromatic heterocycles.